The first-order chi connectivity index (χ1) is 11.3. The Balaban J connectivity index is 0.000000595. The van der Waals surface area contributed by atoms with E-state index in [2.05, 4.69) is 94.8 Å². The molecule has 0 saturated heterocycles. The van der Waals surface area contributed by atoms with Gasteiger partial charge in [0.15, 0.2) is 0 Å². The first kappa shape index (κ1) is 18.7. The van der Waals surface area contributed by atoms with Crippen molar-refractivity contribution >= 4 is 59.5 Å². The predicted molar refractivity (Wildman–Crippen MR) is 112 cm³/mol. The van der Waals surface area contributed by atoms with E-state index in [1.54, 1.807) is 0 Å². The van der Waals surface area contributed by atoms with Crippen LogP contribution in [0.4, 0.5) is 0 Å². The van der Waals surface area contributed by atoms with E-state index in [-0.39, 0.29) is 21.1 Å². The SMILES string of the molecule is [CH3][Sn][CH3].c1ccc(Pc2ccccc2Pc2ccccc2)cc1. The first-order valence-electron chi connectivity index (χ1n) is 7.65. The third-order valence-electron chi connectivity index (χ3n) is 3.03. The summed E-state index contributed by atoms with van der Waals surface area (Å²) in [5, 5.41) is 5.72. The van der Waals surface area contributed by atoms with E-state index in [9.17, 15) is 0 Å². The molecule has 0 nitrogen and oxygen atoms in total. The van der Waals surface area contributed by atoms with Gasteiger partial charge in [0, 0.05) is 0 Å². The fourth-order valence-corrected chi connectivity index (χ4v) is 4.57. The van der Waals surface area contributed by atoms with Gasteiger partial charge in [-0.15, -0.1) is 0 Å². The Labute approximate surface area is 153 Å². The van der Waals surface area contributed by atoms with Crippen LogP contribution in [-0.4, -0.2) is 21.1 Å². The number of rotatable bonds is 4. The second kappa shape index (κ2) is 11.0. The minimum absolute atomic E-state index is 0.230. The molecule has 3 aromatic carbocycles. The normalized spacial score (nSPS) is 10.9. The Bertz CT molecular complexity index is 624. The van der Waals surface area contributed by atoms with Crippen LogP contribution in [0.3, 0.4) is 0 Å². The number of hydrogen-bond acceptors (Lipinski definition) is 0. The van der Waals surface area contributed by atoms with Crippen LogP contribution in [0.25, 0.3) is 0 Å². The molecule has 3 heteroatoms. The largest absolute Gasteiger partial charge is 0.0622 e. The van der Waals surface area contributed by atoms with Gasteiger partial charge in [-0.25, -0.2) is 0 Å². The maximum absolute atomic E-state index is 2.30. The molecule has 0 heterocycles. The molecule has 3 aromatic rings. The Hall–Kier alpha value is -0.681. The fraction of sp³-hybridized carbons (Fsp3) is 0.100. The smallest absolute Gasteiger partial charge is 0.0149 e. The van der Waals surface area contributed by atoms with E-state index < -0.39 is 0 Å². The third-order valence-corrected chi connectivity index (χ3v) is 5.94. The van der Waals surface area contributed by atoms with Crippen LogP contribution >= 0.6 is 17.2 Å². The van der Waals surface area contributed by atoms with Gasteiger partial charge in [-0.2, -0.15) is 0 Å². The van der Waals surface area contributed by atoms with Crippen LogP contribution in [-0.2, 0) is 0 Å². The van der Waals surface area contributed by atoms with Gasteiger partial charge < -0.3 is 0 Å². The molecule has 116 valence electrons. The van der Waals surface area contributed by atoms with Gasteiger partial charge in [0.1, 0.15) is 0 Å². The quantitative estimate of drug-likeness (QED) is 0.426. The van der Waals surface area contributed by atoms with Crippen molar-refractivity contribution in [3.8, 4) is 0 Å². The molecule has 0 aliphatic heterocycles. The molecule has 23 heavy (non-hydrogen) atoms. The van der Waals surface area contributed by atoms with Gasteiger partial charge in [0.05, 0.1) is 0 Å². The predicted octanol–water partition coefficient (Wildman–Crippen LogP) is 3.73. The van der Waals surface area contributed by atoms with Crippen molar-refractivity contribution in [1.29, 1.82) is 0 Å². The van der Waals surface area contributed by atoms with Crippen molar-refractivity contribution in [3.05, 3.63) is 84.9 Å². The minimum atomic E-state index is 0.230. The van der Waals surface area contributed by atoms with Gasteiger partial charge in [-0.05, 0) is 21.2 Å². The summed E-state index contributed by atoms with van der Waals surface area (Å²) in [6.07, 6.45) is 0. The Morgan fingerprint density at radius 2 is 0.826 bits per heavy atom. The molecule has 0 fully saturated rings. The minimum Gasteiger partial charge on any atom is -0.0622 e. The van der Waals surface area contributed by atoms with Gasteiger partial charge in [0.2, 0.25) is 0 Å². The van der Waals surface area contributed by atoms with Crippen LogP contribution in [0.1, 0.15) is 0 Å². The Kier molecular flexibility index (Phi) is 8.90. The van der Waals surface area contributed by atoms with Crippen molar-refractivity contribution in [2.24, 2.45) is 0 Å². The van der Waals surface area contributed by atoms with E-state index in [0.29, 0.717) is 0 Å². The fourth-order valence-electron chi connectivity index (χ4n) is 2.06. The van der Waals surface area contributed by atoms with Crippen LogP contribution in [0.5, 0.6) is 0 Å². The molecule has 2 radical (unpaired) electrons. The third kappa shape index (κ3) is 6.76. The van der Waals surface area contributed by atoms with Crippen molar-refractivity contribution in [3.63, 3.8) is 0 Å². The second-order valence-electron chi connectivity index (χ2n) is 5.03. The summed E-state index contributed by atoms with van der Waals surface area (Å²) < 4.78 is 0. The van der Waals surface area contributed by atoms with Crippen LogP contribution in [0, 0.1) is 0 Å². The van der Waals surface area contributed by atoms with Crippen molar-refractivity contribution in [2.75, 3.05) is 0 Å². The van der Waals surface area contributed by atoms with Gasteiger partial charge in [0.25, 0.3) is 0 Å². The van der Waals surface area contributed by atoms with Gasteiger partial charge in [-0.3, -0.25) is 0 Å². The molecular weight excluding hydrogens is 421 g/mol. The zero-order valence-electron chi connectivity index (χ0n) is 13.6. The Morgan fingerprint density at radius 3 is 1.17 bits per heavy atom. The molecule has 0 spiro atoms. The van der Waals surface area contributed by atoms with Crippen LogP contribution < -0.4 is 21.2 Å². The molecule has 0 bridgehead atoms. The summed E-state index contributed by atoms with van der Waals surface area (Å²) in [4.78, 5) is 4.59. The van der Waals surface area contributed by atoms with E-state index >= 15 is 0 Å². The van der Waals surface area contributed by atoms with Crippen LogP contribution in [0.15, 0.2) is 84.9 Å². The average molecular weight is 443 g/mol. The molecule has 0 saturated carbocycles. The maximum atomic E-state index is 2.30. The summed E-state index contributed by atoms with van der Waals surface area (Å²) in [7, 11) is 1.47. The zero-order chi connectivity index (χ0) is 16.3. The van der Waals surface area contributed by atoms with Crippen molar-refractivity contribution in [1.82, 2.24) is 0 Å². The number of benzene rings is 3. The monoisotopic (exact) mass is 444 g/mol. The average Bonchev–Trinajstić information content (AvgIpc) is 2.59. The van der Waals surface area contributed by atoms with E-state index in [1.807, 2.05) is 0 Å². The molecule has 3 rings (SSSR count). The summed E-state index contributed by atoms with van der Waals surface area (Å²) >= 11 is 0.230. The van der Waals surface area contributed by atoms with Crippen LogP contribution in [0.2, 0.25) is 9.88 Å². The molecule has 0 N–H and O–H groups in total. The van der Waals surface area contributed by atoms with Crippen molar-refractivity contribution < 1.29 is 0 Å². The second-order valence-corrected chi connectivity index (χ2v) is 10.6. The Morgan fingerprint density at radius 1 is 0.522 bits per heavy atom. The van der Waals surface area contributed by atoms with E-state index in [4.69, 9.17) is 0 Å². The van der Waals surface area contributed by atoms with Gasteiger partial charge >= 0.3 is 31.0 Å². The van der Waals surface area contributed by atoms with E-state index in [0.717, 1.165) is 17.2 Å². The molecule has 0 aliphatic carbocycles. The first-order valence-corrected chi connectivity index (χ1v) is 15.4. The molecule has 0 aliphatic rings. The maximum Gasteiger partial charge on any atom is -0.0149 e. The summed E-state index contributed by atoms with van der Waals surface area (Å²) in [6, 6.07) is 30.3. The van der Waals surface area contributed by atoms with Crippen molar-refractivity contribution in [2.45, 2.75) is 9.88 Å². The molecule has 0 aromatic heterocycles. The van der Waals surface area contributed by atoms with Gasteiger partial charge in [-0.1, -0.05) is 102 Å². The molecule has 0 amide bonds. The standard InChI is InChI=1S/C18H16P2.2CH3.Sn/c1-3-9-15(10-4-1)19-17-13-7-8-14-18(17)20-16-11-5-2-6-12-16;;;/h1-14,19-20H;2*1H3;. The molecule has 2 unspecified atom stereocenters. The summed E-state index contributed by atoms with van der Waals surface area (Å²) in [5.41, 5.74) is 0. The molecular formula is C20H22P2Sn. The topological polar surface area (TPSA) is 0 Å². The summed E-state index contributed by atoms with van der Waals surface area (Å²) in [6.45, 7) is 0. The molecule has 2 atom stereocenters. The number of hydrogen-bond donors (Lipinski definition) is 0. The zero-order valence-corrected chi connectivity index (χ0v) is 18.4. The van der Waals surface area contributed by atoms with E-state index in [1.165, 1.54) is 21.2 Å². The summed E-state index contributed by atoms with van der Waals surface area (Å²) in [5.74, 6) is 0.